The minimum atomic E-state index is -0.226. The van der Waals surface area contributed by atoms with Gasteiger partial charge in [0.05, 0.1) is 21.6 Å². The number of aromatic nitrogens is 3. The van der Waals surface area contributed by atoms with Gasteiger partial charge in [0.2, 0.25) is 0 Å². The van der Waals surface area contributed by atoms with Gasteiger partial charge in [0.25, 0.3) is 11.5 Å². The third-order valence-electron chi connectivity index (χ3n) is 5.18. The highest BCUT2D eigenvalue weighted by Crippen LogP contribution is 2.30. The molecule has 7 heteroatoms. The molecule has 0 radical (unpaired) electrons. The summed E-state index contributed by atoms with van der Waals surface area (Å²) in [6.45, 7) is 6.46. The highest BCUT2D eigenvalue weighted by molar-refractivity contribution is 7.18. The Morgan fingerprint density at radius 2 is 1.73 bits per heavy atom. The zero-order valence-corrected chi connectivity index (χ0v) is 18.3. The molecule has 4 rings (SSSR count). The predicted molar refractivity (Wildman–Crippen MR) is 121 cm³/mol. The number of carbonyl (C=O) groups excluding carboxylic acids is 1. The Kier molecular flexibility index (Phi) is 5.39. The lowest BCUT2D eigenvalue weighted by molar-refractivity contribution is 0.0735. The van der Waals surface area contributed by atoms with E-state index < -0.39 is 0 Å². The van der Waals surface area contributed by atoms with Gasteiger partial charge in [-0.3, -0.25) is 9.59 Å². The van der Waals surface area contributed by atoms with Crippen LogP contribution in [-0.2, 0) is 6.54 Å². The second kappa shape index (κ2) is 7.99. The maximum Gasteiger partial charge on any atom is 0.275 e. The van der Waals surface area contributed by atoms with E-state index in [-0.39, 0.29) is 23.4 Å². The van der Waals surface area contributed by atoms with Gasteiger partial charge in [0, 0.05) is 19.0 Å². The number of nitrogens with zero attached hydrogens (tertiary/aromatic N) is 4. The average molecular weight is 421 g/mol. The van der Waals surface area contributed by atoms with Crippen molar-refractivity contribution in [3.8, 4) is 0 Å². The Morgan fingerprint density at radius 1 is 1.07 bits per heavy atom. The van der Waals surface area contributed by atoms with Crippen LogP contribution in [0.25, 0.3) is 21.0 Å². The molecular formula is C23H24N4O2S. The fourth-order valence-corrected chi connectivity index (χ4v) is 4.50. The molecule has 154 valence electrons. The third kappa shape index (κ3) is 3.61. The maximum absolute atomic E-state index is 13.5. The largest absolute Gasteiger partial charge is 0.331 e. The number of benzene rings is 2. The first-order valence-electron chi connectivity index (χ1n) is 9.99. The van der Waals surface area contributed by atoms with Crippen LogP contribution in [-0.4, -0.2) is 32.6 Å². The lowest BCUT2D eigenvalue weighted by atomic mass is 10.1. The molecule has 0 N–H and O–H groups in total. The molecule has 4 aromatic rings. The van der Waals surface area contributed by atoms with Gasteiger partial charge >= 0.3 is 0 Å². The molecule has 2 heterocycles. The summed E-state index contributed by atoms with van der Waals surface area (Å²) in [5.74, 6) is 0.00850. The summed E-state index contributed by atoms with van der Waals surface area (Å²) < 4.78 is 2.51. The van der Waals surface area contributed by atoms with Crippen molar-refractivity contribution in [2.24, 2.45) is 5.92 Å². The van der Waals surface area contributed by atoms with Crippen molar-refractivity contribution < 1.29 is 4.79 Å². The van der Waals surface area contributed by atoms with E-state index in [1.807, 2.05) is 57.2 Å². The van der Waals surface area contributed by atoms with Crippen LogP contribution in [0.2, 0.25) is 0 Å². The Bertz CT molecular complexity index is 1260. The van der Waals surface area contributed by atoms with Crippen molar-refractivity contribution in [1.29, 1.82) is 0 Å². The molecule has 2 aromatic heterocycles. The number of hydrogen-bond acceptors (Lipinski definition) is 5. The zero-order chi connectivity index (χ0) is 21.4. The minimum absolute atomic E-state index is 0.169. The monoisotopic (exact) mass is 420 g/mol. The number of rotatable bonds is 5. The number of thiazole rings is 1. The summed E-state index contributed by atoms with van der Waals surface area (Å²) in [4.78, 5) is 32.6. The van der Waals surface area contributed by atoms with E-state index in [1.54, 1.807) is 35.4 Å². The number of amides is 1. The summed E-state index contributed by atoms with van der Waals surface area (Å²) in [6, 6.07) is 14.9. The molecule has 1 amide bonds. The molecule has 6 nitrogen and oxygen atoms in total. The van der Waals surface area contributed by atoms with Crippen LogP contribution in [0.3, 0.4) is 0 Å². The van der Waals surface area contributed by atoms with E-state index in [2.05, 4.69) is 5.10 Å². The van der Waals surface area contributed by atoms with Crippen LogP contribution >= 0.6 is 11.3 Å². The van der Waals surface area contributed by atoms with Gasteiger partial charge < -0.3 is 4.90 Å². The fraction of sp³-hybridized carbons (Fsp3) is 0.304. The predicted octanol–water partition coefficient (Wildman–Crippen LogP) is 4.50. The van der Waals surface area contributed by atoms with Crippen LogP contribution in [0.4, 0.5) is 0 Å². The van der Waals surface area contributed by atoms with E-state index >= 15 is 0 Å². The Labute approximate surface area is 178 Å². The van der Waals surface area contributed by atoms with Gasteiger partial charge in [-0.1, -0.05) is 44.2 Å². The number of carbonyl (C=O) groups is 1. The molecule has 2 aromatic carbocycles. The van der Waals surface area contributed by atoms with Gasteiger partial charge in [-0.25, -0.2) is 9.67 Å². The molecule has 0 aliphatic carbocycles. The lowest BCUT2D eigenvalue weighted by Gasteiger charge is -2.24. The van der Waals surface area contributed by atoms with Crippen LogP contribution in [0.5, 0.6) is 0 Å². The van der Waals surface area contributed by atoms with Crippen molar-refractivity contribution in [1.82, 2.24) is 19.7 Å². The van der Waals surface area contributed by atoms with Gasteiger partial charge in [-0.15, -0.1) is 11.3 Å². The highest BCUT2D eigenvalue weighted by atomic mass is 32.1. The Hall–Kier alpha value is -3.06. The van der Waals surface area contributed by atoms with Gasteiger partial charge in [0.15, 0.2) is 5.69 Å². The van der Waals surface area contributed by atoms with E-state index in [1.165, 1.54) is 4.68 Å². The number of fused-ring (bicyclic) bond motifs is 2. The molecule has 0 spiro atoms. The van der Waals surface area contributed by atoms with Crippen LogP contribution in [0.15, 0.2) is 53.3 Å². The molecule has 0 aliphatic heterocycles. The first kappa shape index (κ1) is 20.2. The Balaban J connectivity index is 1.76. The quantitative estimate of drug-likeness (QED) is 0.477. The molecule has 30 heavy (non-hydrogen) atoms. The van der Waals surface area contributed by atoms with E-state index in [0.717, 1.165) is 15.2 Å². The summed E-state index contributed by atoms with van der Waals surface area (Å²) in [5, 5.41) is 6.43. The molecule has 0 unspecified atom stereocenters. The average Bonchev–Trinajstić information content (AvgIpc) is 3.18. The van der Waals surface area contributed by atoms with Crippen molar-refractivity contribution >= 4 is 38.2 Å². The molecular weight excluding hydrogens is 396 g/mol. The van der Waals surface area contributed by atoms with Crippen molar-refractivity contribution in [3.05, 3.63) is 69.6 Å². The molecule has 0 bridgehead atoms. The SMILES string of the molecule is CC(C)Cn1nc(C(=O)N(C)[C@@H](C)c2nc3ccccc3s2)c2ccccc2c1=O. The summed E-state index contributed by atoms with van der Waals surface area (Å²) in [7, 11) is 1.76. The summed E-state index contributed by atoms with van der Waals surface area (Å²) in [5.41, 5.74) is 1.05. The van der Waals surface area contributed by atoms with Crippen molar-refractivity contribution in [3.63, 3.8) is 0 Å². The fourth-order valence-electron chi connectivity index (χ4n) is 3.44. The normalized spacial score (nSPS) is 12.6. The minimum Gasteiger partial charge on any atom is -0.331 e. The van der Waals surface area contributed by atoms with Crippen molar-refractivity contribution in [2.75, 3.05) is 7.05 Å². The summed E-state index contributed by atoms with van der Waals surface area (Å²) >= 11 is 1.58. The molecule has 0 fully saturated rings. The molecule has 0 saturated heterocycles. The maximum atomic E-state index is 13.5. The van der Waals surface area contributed by atoms with Crippen LogP contribution < -0.4 is 5.56 Å². The van der Waals surface area contributed by atoms with E-state index in [9.17, 15) is 9.59 Å². The standard InChI is InChI=1S/C23H24N4O2S/c1-14(2)13-27-22(28)17-10-6-5-9-16(17)20(25-27)23(29)26(4)15(3)21-24-18-11-7-8-12-19(18)30-21/h5-12,14-15H,13H2,1-4H3/t15-/m0/s1. The zero-order valence-electron chi connectivity index (χ0n) is 17.5. The Morgan fingerprint density at radius 3 is 2.43 bits per heavy atom. The van der Waals surface area contributed by atoms with Crippen molar-refractivity contribution in [2.45, 2.75) is 33.4 Å². The van der Waals surface area contributed by atoms with E-state index in [4.69, 9.17) is 4.98 Å². The molecule has 0 aliphatic rings. The van der Waals surface area contributed by atoms with E-state index in [0.29, 0.717) is 23.0 Å². The smallest absolute Gasteiger partial charge is 0.275 e. The summed E-state index contributed by atoms with van der Waals surface area (Å²) in [6.07, 6.45) is 0. The first-order valence-corrected chi connectivity index (χ1v) is 10.8. The topological polar surface area (TPSA) is 68.1 Å². The number of hydrogen-bond donors (Lipinski definition) is 0. The lowest BCUT2D eigenvalue weighted by Crippen LogP contribution is -2.34. The third-order valence-corrected chi connectivity index (χ3v) is 6.38. The van der Waals surface area contributed by atoms with Crippen LogP contribution in [0.1, 0.15) is 42.3 Å². The van der Waals surface area contributed by atoms with Gasteiger partial charge in [-0.2, -0.15) is 5.10 Å². The molecule has 1 atom stereocenters. The van der Waals surface area contributed by atoms with Crippen LogP contribution in [0, 0.1) is 5.92 Å². The van der Waals surface area contributed by atoms with Gasteiger partial charge in [-0.05, 0) is 31.0 Å². The first-order chi connectivity index (χ1) is 14.4. The molecule has 0 saturated carbocycles. The highest BCUT2D eigenvalue weighted by Gasteiger charge is 2.25. The van der Waals surface area contributed by atoms with Gasteiger partial charge in [0.1, 0.15) is 5.01 Å². The second-order valence-electron chi connectivity index (χ2n) is 7.89. The number of para-hydroxylation sites is 1. The second-order valence-corrected chi connectivity index (χ2v) is 8.95.